The molecular weight excluding hydrogens is 288 g/mol. The zero-order valence-corrected chi connectivity index (χ0v) is 12.5. The van der Waals surface area contributed by atoms with Gasteiger partial charge in [0.05, 0.1) is 5.69 Å². The van der Waals surface area contributed by atoms with Gasteiger partial charge in [0, 0.05) is 22.9 Å². The minimum absolute atomic E-state index is 0.809. The quantitative estimate of drug-likeness (QED) is 0.832. The lowest BCUT2D eigenvalue weighted by atomic mass is 10.1. The average molecular weight is 305 g/mol. The maximum Gasteiger partial charge on any atom is 0.0556 e. The highest BCUT2D eigenvalue weighted by molar-refractivity contribution is 9.10. The molecule has 0 radical (unpaired) electrons. The van der Waals surface area contributed by atoms with E-state index in [0.29, 0.717) is 0 Å². The van der Waals surface area contributed by atoms with Gasteiger partial charge in [-0.2, -0.15) is 0 Å². The van der Waals surface area contributed by atoms with E-state index >= 15 is 0 Å². The van der Waals surface area contributed by atoms with Gasteiger partial charge in [-0.1, -0.05) is 18.2 Å². The molecule has 0 saturated carbocycles. The zero-order chi connectivity index (χ0) is 13.3. The van der Waals surface area contributed by atoms with Crippen molar-refractivity contribution in [3.05, 3.63) is 52.0 Å². The summed E-state index contributed by atoms with van der Waals surface area (Å²) in [5.41, 5.74) is 11.4. The Morgan fingerprint density at radius 2 is 1.67 bits per heavy atom. The van der Waals surface area contributed by atoms with Gasteiger partial charge in [-0.3, -0.25) is 0 Å². The first-order chi connectivity index (χ1) is 8.50. The first-order valence-electron chi connectivity index (χ1n) is 5.85. The van der Waals surface area contributed by atoms with Crippen molar-refractivity contribution in [2.24, 2.45) is 0 Å². The molecule has 0 fully saturated rings. The van der Waals surface area contributed by atoms with Crippen LogP contribution in [0.2, 0.25) is 0 Å². The lowest BCUT2D eigenvalue weighted by Gasteiger charge is -2.23. The Morgan fingerprint density at radius 3 is 2.33 bits per heavy atom. The fourth-order valence-corrected chi connectivity index (χ4v) is 2.64. The van der Waals surface area contributed by atoms with Crippen LogP contribution >= 0.6 is 15.9 Å². The van der Waals surface area contributed by atoms with Gasteiger partial charge in [0.1, 0.15) is 0 Å². The third-order valence-electron chi connectivity index (χ3n) is 3.17. The van der Waals surface area contributed by atoms with Crippen molar-refractivity contribution in [2.45, 2.75) is 13.8 Å². The predicted molar refractivity (Wildman–Crippen MR) is 82.5 cm³/mol. The van der Waals surface area contributed by atoms with Gasteiger partial charge in [-0.25, -0.2) is 0 Å². The molecule has 0 bridgehead atoms. The van der Waals surface area contributed by atoms with E-state index in [9.17, 15) is 0 Å². The third kappa shape index (κ3) is 2.36. The summed E-state index contributed by atoms with van der Waals surface area (Å²) in [5, 5.41) is 0. The van der Waals surface area contributed by atoms with E-state index in [1.807, 2.05) is 13.0 Å². The highest BCUT2D eigenvalue weighted by atomic mass is 79.9. The van der Waals surface area contributed by atoms with E-state index < -0.39 is 0 Å². The largest absolute Gasteiger partial charge is 0.398 e. The summed E-state index contributed by atoms with van der Waals surface area (Å²) in [6.45, 7) is 4.14. The highest BCUT2D eigenvalue weighted by Gasteiger charge is 2.11. The monoisotopic (exact) mass is 304 g/mol. The molecule has 2 N–H and O–H groups in total. The minimum Gasteiger partial charge on any atom is -0.398 e. The number of nitrogens with zero attached hydrogens (tertiary/aromatic N) is 1. The number of para-hydroxylation sites is 1. The molecule has 0 amide bonds. The Hall–Kier alpha value is -1.48. The van der Waals surface area contributed by atoms with Gasteiger partial charge in [0.25, 0.3) is 0 Å². The van der Waals surface area contributed by atoms with Crippen molar-refractivity contribution < 1.29 is 0 Å². The SMILES string of the molecule is Cc1cc(N(C)c2ccccc2C)c(Br)cc1N. The molecular formula is C15H17BrN2. The van der Waals surface area contributed by atoms with Crippen molar-refractivity contribution in [1.29, 1.82) is 0 Å². The number of hydrogen-bond donors (Lipinski definition) is 1. The predicted octanol–water partition coefficient (Wildman–Crippen LogP) is 4.42. The van der Waals surface area contributed by atoms with Crippen LogP contribution in [0, 0.1) is 13.8 Å². The van der Waals surface area contributed by atoms with Crippen molar-refractivity contribution >= 4 is 33.0 Å². The smallest absolute Gasteiger partial charge is 0.0556 e. The molecule has 3 heteroatoms. The van der Waals surface area contributed by atoms with Gasteiger partial charge in [-0.05, 0) is 59.1 Å². The standard InChI is InChI=1S/C15H17BrN2/c1-10-6-4-5-7-14(10)18(3)15-8-11(2)13(17)9-12(15)16/h4-9H,17H2,1-3H3. The average Bonchev–Trinajstić information content (AvgIpc) is 2.33. The molecule has 2 nitrogen and oxygen atoms in total. The summed E-state index contributed by atoms with van der Waals surface area (Å²) >= 11 is 3.58. The second-order valence-corrected chi connectivity index (χ2v) is 5.36. The van der Waals surface area contributed by atoms with Crippen LogP contribution < -0.4 is 10.6 Å². The molecule has 0 aliphatic heterocycles. The number of halogens is 1. The van der Waals surface area contributed by atoms with Crippen LogP contribution in [0.5, 0.6) is 0 Å². The van der Waals surface area contributed by atoms with Crippen molar-refractivity contribution in [3.63, 3.8) is 0 Å². The second-order valence-electron chi connectivity index (χ2n) is 4.51. The first kappa shape index (κ1) is 13.0. The summed E-state index contributed by atoms with van der Waals surface area (Å²) in [6, 6.07) is 12.4. The van der Waals surface area contributed by atoms with Crippen LogP contribution in [0.15, 0.2) is 40.9 Å². The molecule has 0 atom stereocenters. The maximum absolute atomic E-state index is 5.91. The molecule has 18 heavy (non-hydrogen) atoms. The molecule has 0 aliphatic carbocycles. The van der Waals surface area contributed by atoms with E-state index in [-0.39, 0.29) is 0 Å². The molecule has 0 aromatic heterocycles. The van der Waals surface area contributed by atoms with Crippen LogP contribution in [0.1, 0.15) is 11.1 Å². The van der Waals surface area contributed by atoms with Gasteiger partial charge >= 0.3 is 0 Å². The molecule has 0 unspecified atom stereocenters. The maximum atomic E-state index is 5.91. The molecule has 2 aromatic rings. The number of nitrogen functional groups attached to an aromatic ring is 1. The van der Waals surface area contributed by atoms with E-state index in [2.05, 4.69) is 65.1 Å². The van der Waals surface area contributed by atoms with Crippen LogP contribution in [0.25, 0.3) is 0 Å². The summed E-state index contributed by atoms with van der Waals surface area (Å²) in [7, 11) is 2.07. The van der Waals surface area contributed by atoms with E-state index in [1.165, 1.54) is 11.3 Å². The molecule has 0 saturated heterocycles. The zero-order valence-electron chi connectivity index (χ0n) is 10.9. The first-order valence-corrected chi connectivity index (χ1v) is 6.65. The Morgan fingerprint density at radius 1 is 1.00 bits per heavy atom. The molecule has 0 spiro atoms. The number of nitrogens with two attached hydrogens (primary N) is 1. The number of aryl methyl sites for hydroxylation is 2. The molecule has 2 rings (SSSR count). The van der Waals surface area contributed by atoms with Gasteiger partial charge in [-0.15, -0.1) is 0 Å². The van der Waals surface area contributed by atoms with Gasteiger partial charge in [0.2, 0.25) is 0 Å². The van der Waals surface area contributed by atoms with E-state index in [1.54, 1.807) is 0 Å². The van der Waals surface area contributed by atoms with Crippen LogP contribution in [0.4, 0.5) is 17.1 Å². The van der Waals surface area contributed by atoms with Crippen LogP contribution in [-0.4, -0.2) is 7.05 Å². The van der Waals surface area contributed by atoms with Crippen LogP contribution in [0.3, 0.4) is 0 Å². The highest BCUT2D eigenvalue weighted by Crippen LogP contribution is 2.35. The fourth-order valence-electron chi connectivity index (χ4n) is 2.01. The Bertz CT molecular complexity index is 579. The van der Waals surface area contributed by atoms with Gasteiger partial charge < -0.3 is 10.6 Å². The van der Waals surface area contributed by atoms with E-state index in [4.69, 9.17) is 5.73 Å². The Balaban J connectivity index is 2.50. The third-order valence-corrected chi connectivity index (χ3v) is 3.81. The number of rotatable bonds is 2. The van der Waals surface area contributed by atoms with Crippen LogP contribution in [-0.2, 0) is 0 Å². The fraction of sp³-hybridized carbons (Fsp3) is 0.200. The molecule has 94 valence electrons. The summed E-state index contributed by atoms with van der Waals surface area (Å²) in [4.78, 5) is 2.17. The normalized spacial score (nSPS) is 10.4. The number of benzene rings is 2. The lowest BCUT2D eigenvalue weighted by molar-refractivity contribution is 1.17. The van der Waals surface area contributed by atoms with Gasteiger partial charge in [0.15, 0.2) is 0 Å². The molecule has 0 heterocycles. The molecule has 0 aliphatic rings. The topological polar surface area (TPSA) is 29.3 Å². The summed E-state index contributed by atoms with van der Waals surface area (Å²) in [6.07, 6.45) is 0. The summed E-state index contributed by atoms with van der Waals surface area (Å²) < 4.78 is 1.01. The summed E-state index contributed by atoms with van der Waals surface area (Å²) in [5.74, 6) is 0. The van der Waals surface area contributed by atoms with Crippen molar-refractivity contribution in [3.8, 4) is 0 Å². The lowest BCUT2D eigenvalue weighted by Crippen LogP contribution is -2.12. The number of anilines is 3. The molecule has 2 aromatic carbocycles. The Kier molecular flexibility index (Phi) is 3.62. The van der Waals surface area contributed by atoms with E-state index in [0.717, 1.165) is 21.4 Å². The van der Waals surface area contributed by atoms with Crippen molar-refractivity contribution in [1.82, 2.24) is 0 Å². The van der Waals surface area contributed by atoms with Crippen molar-refractivity contribution in [2.75, 3.05) is 17.7 Å². The minimum atomic E-state index is 0.809. The number of hydrogen-bond acceptors (Lipinski definition) is 2. The Labute approximate surface area is 117 Å². The second kappa shape index (κ2) is 5.02.